The third kappa shape index (κ3) is 2.12. The number of carbonyl (C=O) groups is 1. The molecule has 6 heteroatoms. The van der Waals surface area contributed by atoms with Crippen LogP contribution < -0.4 is 0 Å². The van der Waals surface area contributed by atoms with Gasteiger partial charge in [0.05, 0.1) is 12.8 Å². The van der Waals surface area contributed by atoms with Gasteiger partial charge in [0.25, 0.3) is 0 Å². The van der Waals surface area contributed by atoms with Crippen LogP contribution in [0, 0.1) is 23.7 Å². The second-order valence-electron chi connectivity index (χ2n) is 8.76. The lowest BCUT2D eigenvalue weighted by atomic mass is 9.57. The van der Waals surface area contributed by atoms with E-state index in [9.17, 15) is 4.79 Å². The van der Waals surface area contributed by atoms with Crippen LogP contribution in [0.1, 0.15) is 52.2 Å². The molecule has 0 N–H and O–H groups in total. The Morgan fingerprint density at radius 1 is 1.19 bits per heavy atom. The molecule has 26 heavy (non-hydrogen) atoms. The summed E-state index contributed by atoms with van der Waals surface area (Å²) in [6.45, 7) is 6.65. The van der Waals surface area contributed by atoms with Crippen LogP contribution in [-0.2, 0) is 25.9 Å². The number of hydrogen-bond donors (Lipinski definition) is 0. The van der Waals surface area contributed by atoms with Gasteiger partial charge in [-0.2, -0.15) is 0 Å². The van der Waals surface area contributed by atoms with Crippen molar-refractivity contribution in [2.75, 3.05) is 0 Å². The highest BCUT2D eigenvalue weighted by atomic mass is 17.3. The quantitative estimate of drug-likeness (QED) is 0.755. The molecule has 142 valence electrons. The molecule has 4 saturated heterocycles. The summed E-state index contributed by atoms with van der Waals surface area (Å²) in [5, 5.41) is 0. The zero-order valence-corrected chi connectivity index (χ0v) is 15.6. The summed E-state index contributed by atoms with van der Waals surface area (Å²) in [4.78, 5) is 27.2. The number of likely N-dealkylation sites (tertiary alicyclic amines) is 1. The maximum atomic E-state index is 13.3. The summed E-state index contributed by atoms with van der Waals surface area (Å²) in [6.07, 6.45) is 5.08. The number of nitrogens with zero attached hydrogens (tertiary/aromatic N) is 1. The van der Waals surface area contributed by atoms with Crippen molar-refractivity contribution in [3.8, 4) is 0 Å². The predicted molar refractivity (Wildman–Crippen MR) is 91.2 cm³/mol. The smallest absolute Gasteiger partial charge is 0.228 e. The van der Waals surface area contributed by atoms with Gasteiger partial charge in [-0.3, -0.25) is 4.79 Å². The van der Waals surface area contributed by atoms with Crippen molar-refractivity contribution in [3.63, 3.8) is 0 Å². The minimum Gasteiger partial charge on any atom is -0.467 e. The summed E-state index contributed by atoms with van der Waals surface area (Å²) in [5.74, 6) is 0.922. The van der Waals surface area contributed by atoms with Crippen LogP contribution in [0.3, 0.4) is 0 Å². The van der Waals surface area contributed by atoms with Gasteiger partial charge in [-0.1, -0.05) is 13.8 Å². The van der Waals surface area contributed by atoms with Gasteiger partial charge in [-0.15, -0.1) is 0 Å². The minimum atomic E-state index is -0.806. The number of amides is 1. The summed E-state index contributed by atoms with van der Waals surface area (Å²) in [7, 11) is 0. The molecule has 1 aromatic rings. The molecule has 5 fully saturated rings. The van der Waals surface area contributed by atoms with E-state index >= 15 is 0 Å². The summed E-state index contributed by atoms with van der Waals surface area (Å²) in [6, 6.07) is 3.75. The molecule has 1 saturated carbocycles. The lowest BCUT2D eigenvalue weighted by molar-refractivity contribution is -0.548. The van der Waals surface area contributed by atoms with Crippen molar-refractivity contribution in [2.24, 2.45) is 23.7 Å². The number of furan rings is 1. The number of fused-ring (bicyclic) bond motifs is 2. The zero-order valence-electron chi connectivity index (χ0n) is 15.6. The van der Waals surface area contributed by atoms with Crippen molar-refractivity contribution < 1.29 is 23.7 Å². The van der Waals surface area contributed by atoms with Gasteiger partial charge in [0.2, 0.25) is 11.7 Å². The summed E-state index contributed by atoms with van der Waals surface area (Å²) in [5.41, 5.74) is -0.590. The van der Waals surface area contributed by atoms with Crippen molar-refractivity contribution in [2.45, 2.75) is 70.6 Å². The van der Waals surface area contributed by atoms with Crippen molar-refractivity contribution in [1.82, 2.24) is 4.90 Å². The molecule has 1 spiro atoms. The van der Waals surface area contributed by atoms with Crippen molar-refractivity contribution >= 4 is 5.91 Å². The van der Waals surface area contributed by atoms with E-state index in [-0.39, 0.29) is 17.7 Å². The van der Waals surface area contributed by atoms with E-state index in [1.54, 1.807) is 6.26 Å². The maximum absolute atomic E-state index is 13.3. The van der Waals surface area contributed by atoms with Crippen LogP contribution in [0.4, 0.5) is 0 Å². The van der Waals surface area contributed by atoms with Gasteiger partial charge in [-0.05, 0) is 50.2 Å². The lowest BCUT2D eigenvalue weighted by Gasteiger charge is -2.61. The summed E-state index contributed by atoms with van der Waals surface area (Å²) < 4.78 is 12.0. The van der Waals surface area contributed by atoms with E-state index in [4.69, 9.17) is 18.9 Å². The van der Waals surface area contributed by atoms with Gasteiger partial charge in [0.15, 0.2) is 11.8 Å². The average Bonchev–Trinajstić information content (AvgIpc) is 3.03. The van der Waals surface area contributed by atoms with E-state index in [1.807, 2.05) is 30.9 Å². The Hall–Kier alpha value is -1.37. The molecule has 6 nitrogen and oxygen atoms in total. The fraction of sp³-hybridized carbons (Fsp3) is 0.750. The van der Waals surface area contributed by atoms with Crippen molar-refractivity contribution in [1.29, 1.82) is 0 Å². The number of rotatable bonds is 2. The van der Waals surface area contributed by atoms with Gasteiger partial charge in [0.1, 0.15) is 5.76 Å². The van der Waals surface area contributed by atoms with Crippen LogP contribution in [0.2, 0.25) is 0 Å². The Bertz CT molecular complexity index is 705. The molecule has 4 aliphatic heterocycles. The highest BCUT2D eigenvalue weighted by Gasteiger charge is 2.70. The Kier molecular flexibility index (Phi) is 3.59. The largest absolute Gasteiger partial charge is 0.467 e. The first-order valence-corrected chi connectivity index (χ1v) is 9.82. The van der Waals surface area contributed by atoms with Gasteiger partial charge < -0.3 is 14.1 Å². The second kappa shape index (κ2) is 5.57. The molecule has 7 atom stereocenters. The first-order chi connectivity index (χ1) is 12.4. The van der Waals surface area contributed by atoms with Crippen LogP contribution in [0.5, 0.6) is 0 Å². The molecular weight excluding hydrogens is 334 g/mol. The highest BCUT2D eigenvalue weighted by Crippen LogP contribution is 2.60. The first kappa shape index (κ1) is 16.8. The average molecular weight is 361 g/mol. The van der Waals surface area contributed by atoms with E-state index in [1.165, 1.54) is 0 Å². The van der Waals surface area contributed by atoms with E-state index in [0.717, 1.165) is 31.4 Å². The molecule has 6 rings (SSSR count). The normalized spacial score (nSPS) is 47.6. The molecule has 0 unspecified atom stereocenters. The fourth-order valence-electron chi connectivity index (χ4n) is 5.88. The Labute approximate surface area is 153 Å². The standard InChI is InChI=1S/C20H27NO5/c1-12-6-7-16-13(2)17(22)21(11-14-5-4-10-23-14)18-20(16)15(12)8-9-19(3,24-18)25-26-20/h4-5,10,12-13,15-16,18H,6-9,11H2,1-3H3/t12-,13-,15+,16+,18-,19-,20-/m1/s1. The highest BCUT2D eigenvalue weighted by molar-refractivity contribution is 5.80. The van der Waals surface area contributed by atoms with Gasteiger partial charge in [0, 0.05) is 18.3 Å². The van der Waals surface area contributed by atoms with E-state index in [2.05, 4.69) is 6.92 Å². The Morgan fingerprint density at radius 2 is 2.04 bits per heavy atom. The molecule has 1 aliphatic carbocycles. The second-order valence-corrected chi connectivity index (χ2v) is 8.76. The fourth-order valence-corrected chi connectivity index (χ4v) is 5.88. The molecule has 5 aliphatic rings. The third-order valence-electron chi connectivity index (χ3n) is 7.26. The SMILES string of the molecule is C[C@@H]1CC[C@H]2[C@@H](C)C(=O)N(Cc3ccco3)[C@@H]3O[C@@]4(C)CC[C@@H]1[C@@]23OO4. The monoisotopic (exact) mass is 361 g/mol. The van der Waals surface area contributed by atoms with E-state index < -0.39 is 17.6 Å². The molecule has 2 bridgehead atoms. The zero-order chi connectivity index (χ0) is 18.1. The van der Waals surface area contributed by atoms with Crippen LogP contribution in [0.15, 0.2) is 22.8 Å². The number of hydrogen-bond acceptors (Lipinski definition) is 5. The first-order valence-electron chi connectivity index (χ1n) is 9.82. The number of ether oxygens (including phenoxy) is 1. The molecule has 0 aromatic carbocycles. The molecular formula is C20H27NO5. The number of carbonyl (C=O) groups excluding carboxylic acids is 1. The Balaban J connectivity index is 1.62. The number of piperidine rings is 1. The Morgan fingerprint density at radius 3 is 2.81 bits per heavy atom. The molecule has 1 aromatic heterocycles. The maximum Gasteiger partial charge on any atom is 0.228 e. The lowest BCUT2D eigenvalue weighted by Crippen LogP contribution is -2.74. The molecule has 1 amide bonds. The third-order valence-corrected chi connectivity index (χ3v) is 7.26. The molecule has 0 radical (unpaired) electrons. The molecule has 5 heterocycles. The van der Waals surface area contributed by atoms with Crippen LogP contribution in [-0.4, -0.2) is 28.4 Å². The topological polar surface area (TPSA) is 61.1 Å². The van der Waals surface area contributed by atoms with Crippen molar-refractivity contribution in [3.05, 3.63) is 24.2 Å². The van der Waals surface area contributed by atoms with Crippen LogP contribution >= 0.6 is 0 Å². The van der Waals surface area contributed by atoms with Gasteiger partial charge in [-0.25, -0.2) is 9.78 Å². The van der Waals surface area contributed by atoms with Crippen LogP contribution in [0.25, 0.3) is 0 Å². The summed E-state index contributed by atoms with van der Waals surface area (Å²) >= 11 is 0. The minimum absolute atomic E-state index is 0.120. The van der Waals surface area contributed by atoms with E-state index in [0.29, 0.717) is 18.4 Å². The van der Waals surface area contributed by atoms with Gasteiger partial charge >= 0.3 is 0 Å². The predicted octanol–water partition coefficient (Wildman–Crippen LogP) is 3.47.